The average molecular weight is 391 g/mol. The van der Waals surface area contributed by atoms with Crippen LogP contribution in [0.5, 0.6) is 0 Å². The number of nitrogens with one attached hydrogen (secondary N) is 1. The first kappa shape index (κ1) is 19.9. The van der Waals surface area contributed by atoms with Crippen LogP contribution >= 0.6 is 12.4 Å². The van der Waals surface area contributed by atoms with Crippen molar-refractivity contribution in [2.45, 2.75) is 31.9 Å². The molecule has 1 amide bonds. The van der Waals surface area contributed by atoms with Crippen molar-refractivity contribution in [3.63, 3.8) is 0 Å². The Morgan fingerprint density at radius 2 is 1.96 bits per heavy atom. The van der Waals surface area contributed by atoms with Crippen LogP contribution in [0.25, 0.3) is 0 Å². The van der Waals surface area contributed by atoms with Gasteiger partial charge in [-0.15, -0.1) is 12.4 Å². The fourth-order valence-corrected chi connectivity index (χ4v) is 4.21. The van der Waals surface area contributed by atoms with E-state index in [1.54, 1.807) is 18.4 Å². The Bertz CT molecular complexity index is 729. The van der Waals surface area contributed by atoms with E-state index in [0.717, 1.165) is 37.9 Å². The molecule has 2 N–H and O–H groups in total. The molecule has 2 atom stereocenters. The largest absolute Gasteiger partial charge is 0.467 e. The highest BCUT2D eigenvalue weighted by atomic mass is 35.5. The van der Waals surface area contributed by atoms with Gasteiger partial charge in [-0.25, -0.2) is 0 Å². The number of halogens is 1. The van der Waals surface area contributed by atoms with Gasteiger partial charge < -0.3 is 19.7 Å². The minimum Gasteiger partial charge on any atom is -0.467 e. The Morgan fingerprint density at radius 1 is 1.22 bits per heavy atom. The average Bonchev–Trinajstić information content (AvgIpc) is 3.10. The number of hydrogen-bond acceptors (Lipinski definition) is 4. The number of aliphatic hydroxyl groups excluding tert-OH is 1. The van der Waals surface area contributed by atoms with E-state index in [1.165, 1.54) is 0 Å². The van der Waals surface area contributed by atoms with Gasteiger partial charge in [-0.05, 0) is 55.5 Å². The molecule has 1 saturated heterocycles. The van der Waals surface area contributed by atoms with Gasteiger partial charge in [0, 0.05) is 12.5 Å². The lowest BCUT2D eigenvalue weighted by Crippen LogP contribution is -2.38. The molecule has 2 fully saturated rings. The number of piperidine rings is 1. The fourth-order valence-electron chi connectivity index (χ4n) is 4.21. The van der Waals surface area contributed by atoms with Crippen molar-refractivity contribution < 1.29 is 14.3 Å². The van der Waals surface area contributed by atoms with Gasteiger partial charge in [0.1, 0.15) is 11.9 Å². The number of amides is 1. The number of aliphatic hydroxyl groups is 1. The van der Waals surface area contributed by atoms with Gasteiger partial charge in [0.25, 0.3) is 0 Å². The second-order valence-corrected chi connectivity index (χ2v) is 7.60. The Balaban J connectivity index is 0.00000210. The summed E-state index contributed by atoms with van der Waals surface area (Å²) in [6.45, 7) is 2.77. The van der Waals surface area contributed by atoms with Crippen LogP contribution in [0.15, 0.2) is 53.1 Å². The van der Waals surface area contributed by atoms with E-state index in [0.29, 0.717) is 12.3 Å². The molecular weight excluding hydrogens is 364 g/mol. The summed E-state index contributed by atoms with van der Waals surface area (Å²) in [5.41, 5.74) is 1.26. The number of benzene rings is 1. The first-order valence-electron chi connectivity index (χ1n) is 9.43. The molecule has 1 aromatic heterocycles. The predicted octanol–water partition coefficient (Wildman–Crippen LogP) is 3.15. The highest BCUT2D eigenvalue weighted by Gasteiger charge is 2.58. The van der Waals surface area contributed by atoms with Crippen molar-refractivity contribution in [3.05, 3.63) is 60.1 Å². The van der Waals surface area contributed by atoms with Crippen LogP contribution in [0.1, 0.15) is 36.7 Å². The third-order valence-electron chi connectivity index (χ3n) is 5.88. The molecule has 27 heavy (non-hydrogen) atoms. The van der Waals surface area contributed by atoms with E-state index in [4.69, 9.17) is 4.42 Å². The van der Waals surface area contributed by atoms with Crippen LogP contribution in [0.3, 0.4) is 0 Å². The number of carbonyl (C=O) groups excluding carboxylic acids is 1. The van der Waals surface area contributed by atoms with Gasteiger partial charge in [-0.2, -0.15) is 0 Å². The number of hydrogen-bond donors (Lipinski definition) is 2. The molecule has 1 saturated carbocycles. The highest BCUT2D eigenvalue weighted by molar-refractivity contribution is 5.85. The SMILES string of the molecule is Cl.O=C(C1CC12CCNCC2)N(Cc1ccccc1)CC(O)c1ccco1. The summed E-state index contributed by atoms with van der Waals surface area (Å²) < 4.78 is 5.32. The van der Waals surface area contributed by atoms with Crippen molar-refractivity contribution in [1.29, 1.82) is 0 Å². The summed E-state index contributed by atoms with van der Waals surface area (Å²) in [5.74, 6) is 0.765. The Morgan fingerprint density at radius 3 is 2.63 bits per heavy atom. The summed E-state index contributed by atoms with van der Waals surface area (Å²) in [5, 5.41) is 13.9. The van der Waals surface area contributed by atoms with E-state index in [2.05, 4.69) is 5.32 Å². The zero-order chi connectivity index (χ0) is 18.0. The Hall–Kier alpha value is -1.82. The second-order valence-electron chi connectivity index (χ2n) is 7.60. The van der Waals surface area contributed by atoms with E-state index in [1.807, 2.05) is 35.2 Å². The van der Waals surface area contributed by atoms with Crippen LogP contribution in [0, 0.1) is 11.3 Å². The molecule has 1 aliphatic heterocycles. The summed E-state index contributed by atoms with van der Waals surface area (Å²) in [6.07, 6.45) is 3.87. The van der Waals surface area contributed by atoms with Gasteiger partial charge in [-0.3, -0.25) is 4.79 Å². The molecule has 2 aliphatic rings. The number of carbonyl (C=O) groups is 1. The Labute approximate surface area is 166 Å². The van der Waals surface area contributed by atoms with Gasteiger partial charge >= 0.3 is 0 Å². The molecular formula is C21H27ClN2O3. The van der Waals surface area contributed by atoms with E-state index in [9.17, 15) is 9.90 Å². The standard InChI is InChI=1S/C21H26N2O3.ClH/c24-18(19-7-4-12-26-19)15-23(14-16-5-2-1-3-6-16)20(25)17-13-21(17)8-10-22-11-9-21;/h1-7,12,17-18,22,24H,8-11,13-15H2;1H. The normalized spacial score (nSPS) is 21.3. The monoisotopic (exact) mass is 390 g/mol. The lowest BCUT2D eigenvalue weighted by atomic mass is 9.91. The minimum absolute atomic E-state index is 0. The van der Waals surface area contributed by atoms with Gasteiger partial charge in [0.2, 0.25) is 5.91 Å². The second kappa shape index (κ2) is 8.46. The maximum absolute atomic E-state index is 13.3. The quantitative estimate of drug-likeness (QED) is 0.795. The van der Waals surface area contributed by atoms with Crippen LogP contribution in [-0.4, -0.2) is 35.5 Å². The molecule has 146 valence electrons. The van der Waals surface area contributed by atoms with E-state index >= 15 is 0 Å². The first-order chi connectivity index (χ1) is 12.7. The van der Waals surface area contributed by atoms with Crippen molar-refractivity contribution in [3.8, 4) is 0 Å². The van der Waals surface area contributed by atoms with Crippen molar-refractivity contribution in [1.82, 2.24) is 10.2 Å². The molecule has 1 aromatic carbocycles. The topological polar surface area (TPSA) is 65.7 Å². The molecule has 2 heterocycles. The Kier molecular flexibility index (Phi) is 6.25. The summed E-state index contributed by atoms with van der Waals surface area (Å²) in [4.78, 5) is 15.1. The van der Waals surface area contributed by atoms with E-state index in [-0.39, 0.29) is 36.2 Å². The van der Waals surface area contributed by atoms with Crippen molar-refractivity contribution >= 4 is 18.3 Å². The highest BCUT2D eigenvalue weighted by Crippen LogP contribution is 2.59. The zero-order valence-corrected chi connectivity index (χ0v) is 16.2. The molecule has 2 aromatic rings. The molecule has 1 aliphatic carbocycles. The number of furan rings is 1. The minimum atomic E-state index is -0.805. The number of rotatable bonds is 6. The third kappa shape index (κ3) is 4.37. The lowest BCUT2D eigenvalue weighted by molar-refractivity contribution is -0.136. The molecule has 6 heteroatoms. The first-order valence-corrected chi connectivity index (χ1v) is 9.43. The summed E-state index contributed by atoms with van der Waals surface area (Å²) in [7, 11) is 0. The summed E-state index contributed by atoms with van der Waals surface area (Å²) in [6, 6.07) is 13.5. The van der Waals surface area contributed by atoms with Gasteiger partial charge in [0.15, 0.2) is 0 Å². The zero-order valence-electron chi connectivity index (χ0n) is 15.3. The van der Waals surface area contributed by atoms with Crippen LogP contribution in [0.2, 0.25) is 0 Å². The molecule has 0 radical (unpaired) electrons. The summed E-state index contributed by atoms with van der Waals surface area (Å²) >= 11 is 0. The van der Waals surface area contributed by atoms with Crippen LogP contribution in [-0.2, 0) is 11.3 Å². The fraction of sp³-hybridized carbons (Fsp3) is 0.476. The van der Waals surface area contributed by atoms with Crippen LogP contribution in [0.4, 0.5) is 0 Å². The lowest BCUT2D eigenvalue weighted by Gasteiger charge is -2.28. The molecule has 4 rings (SSSR count). The van der Waals surface area contributed by atoms with Gasteiger partial charge in [-0.1, -0.05) is 30.3 Å². The molecule has 2 unspecified atom stereocenters. The smallest absolute Gasteiger partial charge is 0.226 e. The molecule has 1 spiro atoms. The third-order valence-corrected chi connectivity index (χ3v) is 5.88. The van der Waals surface area contributed by atoms with Crippen molar-refractivity contribution in [2.24, 2.45) is 11.3 Å². The maximum atomic E-state index is 13.3. The van der Waals surface area contributed by atoms with E-state index < -0.39 is 6.10 Å². The predicted molar refractivity (Wildman–Crippen MR) is 105 cm³/mol. The molecule has 0 bridgehead atoms. The van der Waals surface area contributed by atoms with Gasteiger partial charge in [0.05, 0.1) is 12.8 Å². The number of nitrogens with zero attached hydrogens (tertiary/aromatic N) is 1. The van der Waals surface area contributed by atoms with Crippen LogP contribution < -0.4 is 5.32 Å². The maximum Gasteiger partial charge on any atom is 0.226 e. The van der Waals surface area contributed by atoms with Crippen molar-refractivity contribution in [2.75, 3.05) is 19.6 Å². The molecule has 5 nitrogen and oxygen atoms in total.